The van der Waals surface area contributed by atoms with Gasteiger partial charge in [0.2, 0.25) is 0 Å². The van der Waals surface area contributed by atoms with E-state index in [9.17, 15) is 0 Å². The lowest BCUT2D eigenvalue weighted by Crippen LogP contribution is -2.08. The lowest BCUT2D eigenvalue weighted by Gasteiger charge is -1.82. The van der Waals surface area contributed by atoms with Gasteiger partial charge in [-0.15, -0.1) is 0 Å². The van der Waals surface area contributed by atoms with Gasteiger partial charge in [0.15, 0.2) is 0 Å². The molecule has 60 valence electrons. The maximum Gasteiger partial charge on any atom is 0.0320 e. The molecule has 0 bridgehead atoms. The number of hydrogen-bond acceptors (Lipinski definition) is 3. The molecule has 0 aromatic carbocycles. The minimum absolute atomic E-state index is 0.389. The van der Waals surface area contributed by atoms with Crippen LogP contribution in [0, 0.1) is 0 Å². The van der Waals surface area contributed by atoms with E-state index < -0.39 is 0 Å². The summed E-state index contributed by atoms with van der Waals surface area (Å²) in [5.74, 6) is 0. The molecule has 4 N–H and O–H groups in total. The molecule has 1 rings (SSSR count). The Hall–Kier alpha value is -1.35. The van der Waals surface area contributed by atoms with Gasteiger partial charge in [-0.2, -0.15) is 0 Å². The van der Waals surface area contributed by atoms with Gasteiger partial charge < -0.3 is 11.5 Å². The molecular weight excluding hydrogens is 138 g/mol. The minimum Gasteiger partial charge on any atom is -0.401 e. The molecule has 0 fully saturated rings. The molecule has 11 heavy (non-hydrogen) atoms. The Kier molecular flexibility index (Phi) is 5.94. The highest BCUT2D eigenvalue weighted by atomic mass is 14.7. The van der Waals surface area contributed by atoms with E-state index in [0.717, 1.165) is 0 Å². The summed E-state index contributed by atoms with van der Waals surface area (Å²) in [6.07, 6.45) is 3.50. The van der Waals surface area contributed by atoms with E-state index in [0.29, 0.717) is 12.2 Å². The molecule has 1 aromatic rings. The molecule has 0 saturated heterocycles. The molecule has 0 aliphatic carbocycles. The first-order valence-corrected chi connectivity index (χ1v) is 3.25. The highest BCUT2D eigenvalue weighted by Crippen LogP contribution is 1.73. The second-order valence-electron chi connectivity index (χ2n) is 1.89. The van der Waals surface area contributed by atoms with Crippen molar-refractivity contribution >= 4 is 0 Å². The van der Waals surface area contributed by atoms with Crippen LogP contribution in [0.25, 0.3) is 0 Å². The van der Waals surface area contributed by atoms with Crippen LogP contribution in [0.4, 0.5) is 0 Å². The van der Waals surface area contributed by atoms with Gasteiger partial charge in [0, 0.05) is 24.6 Å². The summed E-state index contributed by atoms with van der Waals surface area (Å²) >= 11 is 0. The zero-order chi connectivity index (χ0) is 8.53. The Morgan fingerprint density at radius 2 is 1.73 bits per heavy atom. The summed E-state index contributed by atoms with van der Waals surface area (Å²) in [5.41, 5.74) is 10.5. The second-order valence-corrected chi connectivity index (χ2v) is 1.89. The van der Waals surface area contributed by atoms with Crippen molar-refractivity contribution in [3.05, 3.63) is 42.9 Å². The van der Waals surface area contributed by atoms with E-state index >= 15 is 0 Å². The predicted octanol–water partition coefficient (Wildman–Crippen LogP) is 0.499. The van der Waals surface area contributed by atoms with Crippen molar-refractivity contribution in [2.75, 3.05) is 6.54 Å². The minimum atomic E-state index is 0.389. The fourth-order valence-corrected chi connectivity index (χ4v) is 0.313. The first-order chi connectivity index (χ1) is 5.27. The number of nitrogens with zero attached hydrogens (tertiary/aromatic N) is 1. The smallest absolute Gasteiger partial charge is 0.0320 e. The highest BCUT2D eigenvalue weighted by Gasteiger charge is 1.67. The van der Waals surface area contributed by atoms with E-state index in [1.54, 1.807) is 12.4 Å². The Morgan fingerprint density at radius 3 is 1.82 bits per heavy atom. The van der Waals surface area contributed by atoms with Gasteiger partial charge in [-0.25, -0.2) is 0 Å². The zero-order valence-corrected chi connectivity index (χ0v) is 6.40. The Morgan fingerprint density at radius 1 is 1.27 bits per heavy atom. The van der Waals surface area contributed by atoms with Crippen molar-refractivity contribution in [3.63, 3.8) is 0 Å². The van der Waals surface area contributed by atoms with E-state index in [1.165, 1.54) is 0 Å². The molecule has 0 aliphatic rings. The number of rotatable bonds is 1. The molecule has 3 heteroatoms. The molecule has 0 amide bonds. The van der Waals surface area contributed by atoms with Gasteiger partial charge in [0.1, 0.15) is 0 Å². The van der Waals surface area contributed by atoms with Crippen molar-refractivity contribution < 1.29 is 0 Å². The van der Waals surface area contributed by atoms with E-state index in [-0.39, 0.29) is 0 Å². The topological polar surface area (TPSA) is 64.9 Å². The maximum absolute atomic E-state index is 4.97. The standard InChI is InChI=1S/C5H5N.C3H8N2/c1-2-4-6-5-3-1;1-3(5)2-4/h1-5H;1-2,4-5H2. The lowest BCUT2D eigenvalue weighted by molar-refractivity contribution is 1.12. The largest absolute Gasteiger partial charge is 0.401 e. The van der Waals surface area contributed by atoms with Crippen LogP contribution in [-0.4, -0.2) is 11.5 Å². The van der Waals surface area contributed by atoms with Crippen LogP contribution in [-0.2, 0) is 0 Å². The summed E-state index contributed by atoms with van der Waals surface area (Å²) in [6, 6.07) is 5.72. The van der Waals surface area contributed by atoms with Crippen LogP contribution in [0.1, 0.15) is 0 Å². The van der Waals surface area contributed by atoms with Crippen LogP contribution in [0.2, 0.25) is 0 Å². The Labute approximate surface area is 66.7 Å². The summed E-state index contributed by atoms with van der Waals surface area (Å²) in [6.45, 7) is 3.72. The van der Waals surface area contributed by atoms with Gasteiger partial charge >= 0.3 is 0 Å². The Bertz CT molecular complexity index is 157. The fraction of sp³-hybridized carbons (Fsp3) is 0.125. The third-order valence-corrected chi connectivity index (χ3v) is 0.829. The highest BCUT2D eigenvalue weighted by molar-refractivity contribution is 4.88. The average Bonchev–Trinajstić information content (AvgIpc) is 2.09. The van der Waals surface area contributed by atoms with Crippen LogP contribution < -0.4 is 11.5 Å². The van der Waals surface area contributed by atoms with E-state index in [4.69, 9.17) is 11.5 Å². The molecule has 1 aromatic heterocycles. The molecule has 0 radical (unpaired) electrons. The van der Waals surface area contributed by atoms with Crippen LogP contribution >= 0.6 is 0 Å². The molecule has 0 spiro atoms. The van der Waals surface area contributed by atoms with Crippen LogP contribution in [0.5, 0.6) is 0 Å². The van der Waals surface area contributed by atoms with E-state index in [2.05, 4.69) is 11.6 Å². The van der Waals surface area contributed by atoms with Gasteiger partial charge in [-0.3, -0.25) is 4.98 Å². The van der Waals surface area contributed by atoms with Gasteiger partial charge in [0.05, 0.1) is 0 Å². The third-order valence-electron chi connectivity index (χ3n) is 0.829. The SMILES string of the molecule is C=C(N)CN.c1ccncc1. The molecule has 0 unspecified atom stereocenters. The predicted molar refractivity (Wildman–Crippen MR) is 46.6 cm³/mol. The molecule has 0 saturated carbocycles. The van der Waals surface area contributed by atoms with Crippen molar-refractivity contribution in [1.29, 1.82) is 0 Å². The van der Waals surface area contributed by atoms with Crippen molar-refractivity contribution in [2.45, 2.75) is 0 Å². The normalized spacial score (nSPS) is 7.73. The first kappa shape index (κ1) is 9.65. The quantitative estimate of drug-likeness (QED) is 0.614. The third kappa shape index (κ3) is 8.65. The summed E-state index contributed by atoms with van der Waals surface area (Å²) in [7, 11) is 0. The van der Waals surface area contributed by atoms with Crippen molar-refractivity contribution in [2.24, 2.45) is 11.5 Å². The molecule has 1 heterocycles. The maximum atomic E-state index is 4.97. The summed E-state index contributed by atoms with van der Waals surface area (Å²) in [4.78, 5) is 3.78. The first-order valence-electron chi connectivity index (χ1n) is 3.25. The van der Waals surface area contributed by atoms with Gasteiger partial charge in [-0.05, 0) is 12.1 Å². The molecule has 3 nitrogen and oxygen atoms in total. The van der Waals surface area contributed by atoms with Gasteiger partial charge in [-0.1, -0.05) is 12.6 Å². The molecule has 0 atom stereocenters. The average molecular weight is 151 g/mol. The van der Waals surface area contributed by atoms with Crippen molar-refractivity contribution in [1.82, 2.24) is 4.98 Å². The summed E-state index contributed by atoms with van der Waals surface area (Å²) in [5, 5.41) is 0. The fourth-order valence-electron chi connectivity index (χ4n) is 0.313. The lowest BCUT2D eigenvalue weighted by atomic mass is 10.5. The molecule has 0 aliphatic heterocycles. The van der Waals surface area contributed by atoms with Crippen molar-refractivity contribution in [3.8, 4) is 0 Å². The number of nitrogens with two attached hydrogens (primary N) is 2. The van der Waals surface area contributed by atoms with Crippen LogP contribution in [0.15, 0.2) is 42.9 Å². The summed E-state index contributed by atoms with van der Waals surface area (Å²) < 4.78 is 0. The van der Waals surface area contributed by atoms with Crippen LogP contribution in [0.3, 0.4) is 0 Å². The zero-order valence-electron chi connectivity index (χ0n) is 6.40. The number of aromatic nitrogens is 1. The second kappa shape index (κ2) is 6.77. The molecular formula is C8H13N3. The Balaban J connectivity index is 0.000000187. The van der Waals surface area contributed by atoms with E-state index in [1.807, 2.05) is 18.2 Å². The number of hydrogen-bond donors (Lipinski definition) is 2. The monoisotopic (exact) mass is 151 g/mol. The van der Waals surface area contributed by atoms with Gasteiger partial charge in [0.25, 0.3) is 0 Å². The number of pyridine rings is 1.